The Morgan fingerprint density at radius 2 is 2.15 bits per heavy atom. The van der Waals surface area contributed by atoms with E-state index >= 15 is 0 Å². The predicted molar refractivity (Wildman–Crippen MR) is 79.3 cm³/mol. The number of sulfonamides is 1. The highest BCUT2D eigenvalue weighted by atomic mass is 35.5. The van der Waals surface area contributed by atoms with E-state index < -0.39 is 16.1 Å². The summed E-state index contributed by atoms with van der Waals surface area (Å²) in [5, 5.41) is 2.46. The van der Waals surface area contributed by atoms with E-state index in [-0.39, 0.29) is 36.7 Å². The number of halogens is 1. The van der Waals surface area contributed by atoms with Crippen LogP contribution in [-0.2, 0) is 19.6 Å². The molecule has 0 bridgehead atoms. The van der Waals surface area contributed by atoms with Crippen LogP contribution in [0.2, 0.25) is 0 Å². The van der Waals surface area contributed by atoms with Gasteiger partial charge in [-0.3, -0.25) is 4.79 Å². The van der Waals surface area contributed by atoms with Crippen molar-refractivity contribution in [3.8, 4) is 0 Å². The molecular formula is C11H24ClN3O4S. The monoisotopic (exact) mass is 329 g/mol. The average molecular weight is 330 g/mol. The summed E-state index contributed by atoms with van der Waals surface area (Å²) >= 11 is 0. The summed E-state index contributed by atoms with van der Waals surface area (Å²) in [7, 11) is -3.39. The molecule has 0 aromatic heterocycles. The van der Waals surface area contributed by atoms with Crippen molar-refractivity contribution in [2.75, 3.05) is 25.4 Å². The van der Waals surface area contributed by atoms with E-state index in [1.54, 1.807) is 6.92 Å². The second kappa shape index (κ2) is 9.51. The first-order valence-corrected chi connectivity index (χ1v) is 8.18. The fourth-order valence-electron chi connectivity index (χ4n) is 1.73. The minimum absolute atomic E-state index is 0. The number of hydrogen-bond donors (Lipinski definition) is 3. The van der Waals surface area contributed by atoms with Crippen LogP contribution in [0.3, 0.4) is 0 Å². The van der Waals surface area contributed by atoms with Crippen LogP contribution in [0.25, 0.3) is 0 Å². The SMILES string of the molecule is C[C@@H](N)C(=O)NCCS(=O)(=O)NCC1CCCCO1.Cl. The average Bonchev–Trinajstić information content (AvgIpc) is 2.37. The summed E-state index contributed by atoms with van der Waals surface area (Å²) in [5.74, 6) is -0.510. The topological polar surface area (TPSA) is 111 Å². The molecule has 0 spiro atoms. The molecule has 1 rings (SSSR count). The summed E-state index contributed by atoms with van der Waals surface area (Å²) in [6, 6.07) is -0.633. The molecule has 1 heterocycles. The van der Waals surface area contributed by atoms with E-state index in [1.165, 1.54) is 0 Å². The van der Waals surface area contributed by atoms with Crippen molar-refractivity contribution in [3.05, 3.63) is 0 Å². The molecule has 1 aliphatic heterocycles. The number of ether oxygens (including phenoxy) is 1. The minimum atomic E-state index is -3.39. The van der Waals surface area contributed by atoms with Gasteiger partial charge in [-0.15, -0.1) is 12.4 Å². The van der Waals surface area contributed by atoms with Gasteiger partial charge in [0.1, 0.15) is 0 Å². The van der Waals surface area contributed by atoms with Crippen molar-refractivity contribution >= 4 is 28.3 Å². The number of hydrogen-bond acceptors (Lipinski definition) is 5. The van der Waals surface area contributed by atoms with Gasteiger partial charge in [0.15, 0.2) is 0 Å². The Balaban J connectivity index is 0.00000361. The van der Waals surface area contributed by atoms with Gasteiger partial charge in [-0.25, -0.2) is 13.1 Å². The van der Waals surface area contributed by atoms with E-state index in [0.717, 1.165) is 19.3 Å². The largest absolute Gasteiger partial charge is 0.377 e. The van der Waals surface area contributed by atoms with Gasteiger partial charge in [-0.05, 0) is 26.2 Å². The molecule has 1 aliphatic rings. The number of nitrogens with two attached hydrogens (primary N) is 1. The molecule has 20 heavy (non-hydrogen) atoms. The molecule has 0 aliphatic carbocycles. The Kier molecular flexibility index (Phi) is 9.32. The Morgan fingerprint density at radius 3 is 2.70 bits per heavy atom. The van der Waals surface area contributed by atoms with Gasteiger partial charge in [0.2, 0.25) is 15.9 Å². The van der Waals surface area contributed by atoms with Gasteiger partial charge < -0.3 is 15.8 Å². The maximum absolute atomic E-state index is 11.7. The molecule has 7 nitrogen and oxygen atoms in total. The molecule has 2 atom stereocenters. The molecule has 0 radical (unpaired) electrons. The van der Waals surface area contributed by atoms with Gasteiger partial charge in [0.25, 0.3) is 0 Å². The summed E-state index contributed by atoms with van der Waals surface area (Å²) in [5.41, 5.74) is 5.35. The Bertz CT molecular complexity index is 383. The van der Waals surface area contributed by atoms with E-state index in [9.17, 15) is 13.2 Å². The lowest BCUT2D eigenvalue weighted by Crippen LogP contribution is -2.42. The van der Waals surface area contributed by atoms with Crippen LogP contribution in [0, 0.1) is 0 Å². The standard InChI is InChI=1S/C11H23N3O4S.ClH/c1-9(12)11(15)13-5-7-19(16,17)14-8-10-4-2-3-6-18-10;/h9-10,14H,2-8,12H2,1H3,(H,13,15);1H/t9-,10?;/m1./s1. The third kappa shape index (κ3) is 8.01. The molecule has 1 saturated heterocycles. The fourth-order valence-corrected chi connectivity index (χ4v) is 2.69. The maximum Gasteiger partial charge on any atom is 0.236 e. The Morgan fingerprint density at radius 1 is 1.45 bits per heavy atom. The number of carbonyl (C=O) groups excluding carboxylic acids is 1. The summed E-state index contributed by atoms with van der Waals surface area (Å²) in [4.78, 5) is 11.2. The van der Waals surface area contributed by atoms with Gasteiger partial charge in [-0.1, -0.05) is 0 Å². The molecule has 120 valence electrons. The van der Waals surface area contributed by atoms with Crippen LogP contribution in [0.4, 0.5) is 0 Å². The highest BCUT2D eigenvalue weighted by Crippen LogP contribution is 2.11. The van der Waals surface area contributed by atoms with Crippen LogP contribution < -0.4 is 15.8 Å². The first-order chi connectivity index (χ1) is 8.91. The molecule has 1 fully saturated rings. The van der Waals surface area contributed by atoms with Crippen LogP contribution >= 0.6 is 12.4 Å². The molecule has 1 amide bonds. The molecule has 0 saturated carbocycles. The molecule has 0 aromatic carbocycles. The first kappa shape index (κ1) is 19.6. The van der Waals surface area contributed by atoms with E-state index in [4.69, 9.17) is 10.5 Å². The lowest BCUT2D eigenvalue weighted by atomic mass is 10.1. The fraction of sp³-hybridized carbons (Fsp3) is 0.909. The highest BCUT2D eigenvalue weighted by Gasteiger charge is 2.18. The normalized spacial score (nSPS) is 20.8. The number of nitrogens with one attached hydrogen (secondary N) is 2. The minimum Gasteiger partial charge on any atom is -0.377 e. The Hall–Kier alpha value is -0.410. The molecule has 4 N–H and O–H groups in total. The van der Waals surface area contributed by atoms with Crippen LogP contribution in [-0.4, -0.2) is 51.9 Å². The third-order valence-electron chi connectivity index (χ3n) is 2.89. The summed E-state index contributed by atoms with van der Waals surface area (Å²) < 4.78 is 31.3. The predicted octanol–water partition coefficient (Wildman–Crippen LogP) is -0.640. The lowest BCUT2D eigenvalue weighted by molar-refractivity contribution is -0.121. The highest BCUT2D eigenvalue weighted by molar-refractivity contribution is 7.89. The van der Waals surface area contributed by atoms with E-state index in [2.05, 4.69) is 10.0 Å². The molecular weight excluding hydrogens is 306 g/mol. The summed E-state index contributed by atoms with van der Waals surface area (Å²) in [6.07, 6.45) is 2.94. The van der Waals surface area contributed by atoms with Crippen LogP contribution in [0.1, 0.15) is 26.2 Å². The molecule has 1 unspecified atom stereocenters. The second-order valence-electron chi connectivity index (χ2n) is 4.74. The zero-order chi connectivity index (χ0) is 14.3. The van der Waals surface area contributed by atoms with Gasteiger partial charge >= 0.3 is 0 Å². The quantitative estimate of drug-likeness (QED) is 0.575. The van der Waals surface area contributed by atoms with E-state index in [0.29, 0.717) is 13.2 Å². The molecule has 0 aromatic rings. The van der Waals surface area contributed by atoms with Crippen molar-refractivity contribution < 1.29 is 17.9 Å². The second-order valence-corrected chi connectivity index (χ2v) is 6.66. The van der Waals surface area contributed by atoms with Crippen molar-refractivity contribution in [3.63, 3.8) is 0 Å². The van der Waals surface area contributed by atoms with Crippen molar-refractivity contribution in [2.45, 2.75) is 38.3 Å². The number of rotatable bonds is 7. The lowest BCUT2D eigenvalue weighted by Gasteiger charge is -2.22. The van der Waals surface area contributed by atoms with Crippen molar-refractivity contribution in [1.29, 1.82) is 0 Å². The van der Waals surface area contributed by atoms with E-state index in [1.807, 2.05) is 0 Å². The zero-order valence-electron chi connectivity index (χ0n) is 11.6. The maximum atomic E-state index is 11.7. The summed E-state index contributed by atoms with van der Waals surface area (Å²) in [6.45, 7) is 2.59. The van der Waals surface area contributed by atoms with Crippen molar-refractivity contribution in [1.82, 2.24) is 10.0 Å². The van der Waals surface area contributed by atoms with Gasteiger partial charge in [-0.2, -0.15) is 0 Å². The first-order valence-electron chi connectivity index (χ1n) is 6.53. The number of amides is 1. The van der Waals surface area contributed by atoms with Crippen LogP contribution in [0.5, 0.6) is 0 Å². The molecule has 9 heteroatoms. The Labute approximate surface area is 126 Å². The van der Waals surface area contributed by atoms with Gasteiger partial charge in [0.05, 0.1) is 17.9 Å². The van der Waals surface area contributed by atoms with Crippen LogP contribution in [0.15, 0.2) is 0 Å². The third-order valence-corrected chi connectivity index (χ3v) is 4.24. The smallest absolute Gasteiger partial charge is 0.236 e. The number of carbonyl (C=O) groups is 1. The zero-order valence-corrected chi connectivity index (χ0v) is 13.3. The van der Waals surface area contributed by atoms with Crippen molar-refractivity contribution in [2.24, 2.45) is 5.73 Å². The van der Waals surface area contributed by atoms with Gasteiger partial charge in [0, 0.05) is 19.7 Å².